The topological polar surface area (TPSA) is 41.1 Å². The van der Waals surface area contributed by atoms with Crippen LogP contribution in [-0.4, -0.2) is 24.5 Å². The van der Waals surface area contributed by atoms with E-state index in [4.69, 9.17) is 0 Å². The molecule has 2 rings (SSSR count). The van der Waals surface area contributed by atoms with Crippen molar-refractivity contribution in [1.29, 1.82) is 0 Å². The van der Waals surface area contributed by atoms with Gasteiger partial charge in [-0.15, -0.1) is 0 Å². The SMILES string of the molecule is CC1CCC(NC(=O)c2ccccc2C(C)(C)C)CN1. The third-order valence-electron chi connectivity index (χ3n) is 3.98. The van der Waals surface area contributed by atoms with Crippen molar-refractivity contribution >= 4 is 5.91 Å². The number of carbonyl (C=O) groups is 1. The molecular weight excluding hydrogens is 248 g/mol. The summed E-state index contributed by atoms with van der Waals surface area (Å²) in [5.74, 6) is 0.0527. The second-order valence-corrected chi connectivity index (χ2v) is 6.85. The van der Waals surface area contributed by atoms with E-state index in [1.54, 1.807) is 0 Å². The summed E-state index contributed by atoms with van der Waals surface area (Å²) in [5, 5.41) is 6.59. The van der Waals surface area contributed by atoms with Gasteiger partial charge in [-0.05, 0) is 36.8 Å². The van der Waals surface area contributed by atoms with E-state index in [1.165, 1.54) is 0 Å². The Bertz CT molecular complexity index is 468. The molecule has 2 N–H and O–H groups in total. The first-order valence-electron chi connectivity index (χ1n) is 7.51. The number of benzene rings is 1. The summed E-state index contributed by atoms with van der Waals surface area (Å²) in [7, 11) is 0. The van der Waals surface area contributed by atoms with Crippen LogP contribution in [0.5, 0.6) is 0 Å². The average Bonchev–Trinajstić information content (AvgIpc) is 2.40. The molecule has 2 atom stereocenters. The van der Waals surface area contributed by atoms with Gasteiger partial charge in [0.2, 0.25) is 0 Å². The first-order valence-corrected chi connectivity index (χ1v) is 7.51. The van der Waals surface area contributed by atoms with Crippen LogP contribution in [0.3, 0.4) is 0 Å². The Kier molecular flexibility index (Phi) is 4.48. The summed E-state index contributed by atoms with van der Waals surface area (Å²) in [6, 6.07) is 8.72. The smallest absolute Gasteiger partial charge is 0.251 e. The number of hydrogen-bond acceptors (Lipinski definition) is 2. The van der Waals surface area contributed by atoms with Gasteiger partial charge < -0.3 is 10.6 Å². The third-order valence-corrected chi connectivity index (χ3v) is 3.98. The van der Waals surface area contributed by atoms with Crippen molar-refractivity contribution in [3.05, 3.63) is 35.4 Å². The van der Waals surface area contributed by atoms with Crippen molar-refractivity contribution in [1.82, 2.24) is 10.6 Å². The minimum atomic E-state index is -0.0206. The number of piperidine rings is 1. The van der Waals surface area contributed by atoms with Gasteiger partial charge in [-0.25, -0.2) is 0 Å². The monoisotopic (exact) mass is 274 g/mol. The molecule has 1 amide bonds. The number of carbonyl (C=O) groups excluding carboxylic acids is 1. The van der Waals surface area contributed by atoms with Crippen LogP contribution in [0.25, 0.3) is 0 Å². The Hall–Kier alpha value is -1.35. The predicted octanol–water partition coefficient (Wildman–Crippen LogP) is 2.85. The Morgan fingerprint density at radius 2 is 1.95 bits per heavy atom. The molecule has 1 aliphatic heterocycles. The summed E-state index contributed by atoms with van der Waals surface area (Å²) < 4.78 is 0. The largest absolute Gasteiger partial charge is 0.348 e. The molecule has 1 saturated heterocycles. The lowest BCUT2D eigenvalue weighted by atomic mass is 9.83. The van der Waals surface area contributed by atoms with Gasteiger partial charge in [0.1, 0.15) is 0 Å². The molecule has 0 saturated carbocycles. The fourth-order valence-corrected chi connectivity index (χ4v) is 2.72. The van der Waals surface area contributed by atoms with Gasteiger partial charge in [-0.3, -0.25) is 4.79 Å². The van der Waals surface area contributed by atoms with Crippen LogP contribution in [-0.2, 0) is 5.41 Å². The van der Waals surface area contributed by atoms with E-state index in [1.807, 2.05) is 18.2 Å². The summed E-state index contributed by atoms with van der Waals surface area (Å²) in [6.07, 6.45) is 2.17. The highest BCUT2D eigenvalue weighted by molar-refractivity contribution is 5.96. The normalized spacial score (nSPS) is 23.4. The molecule has 0 aromatic heterocycles. The van der Waals surface area contributed by atoms with E-state index in [-0.39, 0.29) is 17.4 Å². The second-order valence-electron chi connectivity index (χ2n) is 6.85. The fourth-order valence-electron chi connectivity index (χ4n) is 2.72. The van der Waals surface area contributed by atoms with Crippen LogP contribution < -0.4 is 10.6 Å². The standard InChI is InChI=1S/C17H26N2O/c1-12-9-10-13(11-18-12)19-16(20)14-7-5-6-8-15(14)17(2,3)4/h5-8,12-13,18H,9-11H2,1-4H3,(H,19,20). The molecule has 0 bridgehead atoms. The third kappa shape index (κ3) is 3.60. The number of hydrogen-bond donors (Lipinski definition) is 2. The van der Waals surface area contributed by atoms with Crippen molar-refractivity contribution in [3.63, 3.8) is 0 Å². The lowest BCUT2D eigenvalue weighted by Gasteiger charge is -2.29. The van der Waals surface area contributed by atoms with Crippen LogP contribution >= 0.6 is 0 Å². The molecule has 1 aliphatic rings. The Balaban J connectivity index is 2.10. The second kappa shape index (κ2) is 5.96. The van der Waals surface area contributed by atoms with Crippen molar-refractivity contribution in [2.24, 2.45) is 0 Å². The predicted molar refractivity (Wildman–Crippen MR) is 83.1 cm³/mol. The summed E-state index contributed by atoms with van der Waals surface area (Å²) >= 11 is 0. The van der Waals surface area contributed by atoms with Gasteiger partial charge in [0.05, 0.1) is 0 Å². The fraction of sp³-hybridized carbons (Fsp3) is 0.588. The molecule has 20 heavy (non-hydrogen) atoms. The van der Waals surface area contributed by atoms with E-state index < -0.39 is 0 Å². The van der Waals surface area contributed by atoms with E-state index in [0.717, 1.165) is 30.5 Å². The minimum Gasteiger partial charge on any atom is -0.348 e. The number of rotatable bonds is 2. The number of amides is 1. The minimum absolute atomic E-state index is 0.0206. The summed E-state index contributed by atoms with van der Waals surface area (Å²) in [5.41, 5.74) is 1.89. The molecule has 3 nitrogen and oxygen atoms in total. The van der Waals surface area contributed by atoms with Crippen molar-refractivity contribution in [2.75, 3.05) is 6.54 Å². The molecule has 1 fully saturated rings. The quantitative estimate of drug-likeness (QED) is 0.870. The van der Waals surface area contributed by atoms with Crippen molar-refractivity contribution in [3.8, 4) is 0 Å². The maximum absolute atomic E-state index is 12.5. The molecule has 1 aromatic rings. The molecule has 2 unspecified atom stereocenters. The Morgan fingerprint density at radius 3 is 2.55 bits per heavy atom. The van der Waals surface area contributed by atoms with Crippen LogP contribution in [0, 0.1) is 0 Å². The maximum atomic E-state index is 12.5. The highest BCUT2D eigenvalue weighted by Crippen LogP contribution is 2.25. The lowest BCUT2D eigenvalue weighted by Crippen LogP contribution is -2.48. The van der Waals surface area contributed by atoms with Crippen LogP contribution in [0.4, 0.5) is 0 Å². The molecule has 1 heterocycles. The van der Waals surface area contributed by atoms with E-state index in [9.17, 15) is 4.79 Å². The maximum Gasteiger partial charge on any atom is 0.251 e. The molecular formula is C17H26N2O. The van der Waals surface area contributed by atoms with Crippen LogP contribution in [0.2, 0.25) is 0 Å². The first-order chi connectivity index (χ1) is 9.38. The van der Waals surface area contributed by atoms with Crippen molar-refractivity contribution < 1.29 is 4.79 Å². The first kappa shape index (κ1) is 15.0. The van der Waals surface area contributed by atoms with Crippen LogP contribution in [0.15, 0.2) is 24.3 Å². The van der Waals surface area contributed by atoms with E-state index in [0.29, 0.717) is 6.04 Å². The van der Waals surface area contributed by atoms with Gasteiger partial charge in [0.15, 0.2) is 0 Å². The molecule has 1 aromatic carbocycles. The van der Waals surface area contributed by atoms with Gasteiger partial charge >= 0.3 is 0 Å². The van der Waals surface area contributed by atoms with E-state index >= 15 is 0 Å². The molecule has 0 spiro atoms. The van der Waals surface area contributed by atoms with E-state index in [2.05, 4.69) is 44.4 Å². The zero-order valence-electron chi connectivity index (χ0n) is 13.0. The Morgan fingerprint density at radius 1 is 1.25 bits per heavy atom. The van der Waals surface area contributed by atoms with Crippen molar-refractivity contribution in [2.45, 2.75) is 58.0 Å². The van der Waals surface area contributed by atoms with Gasteiger partial charge in [0.25, 0.3) is 5.91 Å². The molecule has 3 heteroatoms. The zero-order chi connectivity index (χ0) is 14.8. The van der Waals surface area contributed by atoms with Crippen LogP contribution in [0.1, 0.15) is 56.5 Å². The molecule has 110 valence electrons. The zero-order valence-corrected chi connectivity index (χ0v) is 13.0. The molecule has 0 radical (unpaired) electrons. The highest BCUT2D eigenvalue weighted by Gasteiger charge is 2.24. The van der Waals surface area contributed by atoms with Gasteiger partial charge in [-0.2, -0.15) is 0 Å². The average molecular weight is 274 g/mol. The van der Waals surface area contributed by atoms with Gasteiger partial charge in [-0.1, -0.05) is 39.0 Å². The number of nitrogens with one attached hydrogen (secondary N) is 2. The lowest BCUT2D eigenvalue weighted by molar-refractivity contribution is 0.0925. The Labute approximate surface area is 122 Å². The van der Waals surface area contributed by atoms with Gasteiger partial charge in [0, 0.05) is 24.2 Å². The highest BCUT2D eigenvalue weighted by atomic mass is 16.1. The summed E-state index contributed by atoms with van der Waals surface area (Å²) in [4.78, 5) is 12.5. The summed E-state index contributed by atoms with van der Waals surface area (Å²) in [6.45, 7) is 9.48. The molecule has 0 aliphatic carbocycles.